The van der Waals surface area contributed by atoms with E-state index >= 15 is 0 Å². The third-order valence-electron chi connectivity index (χ3n) is 3.76. The molecule has 1 unspecified atom stereocenters. The summed E-state index contributed by atoms with van der Waals surface area (Å²) in [5, 5.41) is 8.81. The van der Waals surface area contributed by atoms with E-state index in [1.807, 2.05) is 6.92 Å². The van der Waals surface area contributed by atoms with Crippen LogP contribution in [-0.2, 0) is 9.59 Å². The molecule has 0 aromatic carbocycles. The van der Waals surface area contributed by atoms with E-state index < -0.39 is 5.97 Å². The number of hydrogen-bond acceptors (Lipinski definition) is 3. The van der Waals surface area contributed by atoms with E-state index in [-0.39, 0.29) is 30.3 Å². The molecular weight excluding hydrogens is 262 g/mol. The van der Waals surface area contributed by atoms with Crippen LogP contribution in [-0.4, -0.2) is 58.5 Å². The molecule has 0 saturated carbocycles. The smallest absolute Gasteiger partial charge is 0.320 e. The van der Waals surface area contributed by atoms with Crippen LogP contribution in [0.25, 0.3) is 0 Å². The summed E-state index contributed by atoms with van der Waals surface area (Å²) in [4.78, 5) is 37.4. The number of carboxylic acids is 1. The van der Waals surface area contributed by atoms with Gasteiger partial charge in [0.05, 0.1) is 6.42 Å². The Balaban J connectivity index is 2.59. The number of hydrogen-bond donors (Lipinski definition) is 2. The van der Waals surface area contributed by atoms with Crippen LogP contribution in [0.3, 0.4) is 0 Å². The summed E-state index contributed by atoms with van der Waals surface area (Å²) in [6.07, 6.45) is 1.08. The lowest BCUT2D eigenvalue weighted by Crippen LogP contribution is -2.51. The van der Waals surface area contributed by atoms with E-state index in [1.54, 1.807) is 16.7 Å². The minimum Gasteiger partial charge on any atom is -0.481 e. The monoisotopic (exact) mass is 285 g/mol. The molecule has 7 heteroatoms. The number of urea groups is 1. The number of carbonyl (C=O) groups excluding carboxylic acids is 2. The molecule has 0 radical (unpaired) electrons. The van der Waals surface area contributed by atoms with Crippen LogP contribution in [0.4, 0.5) is 4.79 Å². The predicted octanol–water partition coefficient (Wildman–Crippen LogP) is 0.489. The second kappa shape index (κ2) is 7.12. The average molecular weight is 285 g/mol. The van der Waals surface area contributed by atoms with Gasteiger partial charge in [-0.3, -0.25) is 9.59 Å². The number of primary amides is 1. The molecule has 0 bridgehead atoms. The molecule has 3 amide bonds. The molecule has 0 aromatic rings. The first kappa shape index (κ1) is 16.3. The first-order valence-electron chi connectivity index (χ1n) is 6.93. The molecule has 1 aliphatic heterocycles. The van der Waals surface area contributed by atoms with Crippen LogP contribution in [0, 0.1) is 5.92 Å². The summed E-state index contributed by atoms with van der Waals surface area (Å²) in [7, 11) is 0. The van der Waals surface area contributed by atoms with Gasteiger partial charge in [0.15, 0.2) is 0 Å². The predicted molar refractivity (Wildman–Crippen MR) is 73.0 cm³/mol. The molecular formula is C13H23N3O4. The van der Waals surface area contributed by atoms with Crippen molar-refractivity contribution in [3.05, 3.63) is 0 Å². The Labute approximate surface area is 118 Å². The Morgan fingerprint density at radius 1 is 1.35 bits per heavy atom. The summed E-state index contributed by atoms with van der Waals surface area (Å²) >= 11 is 0. The molecule has 1 atom stereocenters. The van der Waals surface area contributed by atoms with Crippen LogP contribution >= 0.6 is 0 Å². The van der Waals surface area contributed by atoms with Gasteiger partial charge in [0.25, 0.3) is 0 Å². The zero-order chi connectivity index (χ0) is 15.3. The summed E-state index contributed by atoms with van der Waals surface area (Å²) < 4.78 is 0. The zero-order valence-corrected chi connectivity index (χ0v) is 12.0. The summed E-state index contributed by atoms with van der Waals surface area (Å²) in [6.45, 7) is 4.99. The molecule has 1 aliphatic rings. The third kappa shape index (κ3) is 4.11. The van der Waals surface area contributed by atoms with Gasteiger partial charge < -0.3 is 20.6 Å². The van der Waals surface area contributed by atoms with E-state index in [0.29, 0.717) is 32.5 Å². The highest BCUT2D eigenvalue weighted by Crippen LogP contribution is 2.19. The quantitative estimate of drug-likeness (QED) is 0.767. The Morgan fingerprint density at radius 3 is 2.30 bits per heavy atom. The number of nitrogens with two attached hydrogens (primary N) is 1. The fourth-order valence-electron chi connectivity index (χ4n) is 2.54. The van der Waals surface area contributed by atoms with Gasteiger partial charge in [0.1, 0.15) is 0 Å². The standard InChI is InChI=1S/C13H23N3O4/c1-3-16(9(2)8-11(17)18)13(20)15-6-4-10(5-7-15)12(14)19/h9-10H,3-8H2,1-2H3,(H2,14,19)(H,17,18). The normalized spacial score (nSPS) is 17.6. The van der Waals surface area contributed by atoms with Gasteiger partial charge in [-0.25, -0.2) is 4.79 Å². The van der Waals surface area contributed by atoms with Crippen molar-refractivity contribution in [2.75, 3.05) is 19.6 Å². The number of likely N-dealkylation sites (tertiary alicyclic amines) is 1. The van der Waals surface area contributed by atoms with Crippen molar-refractivity contribution < 1.29 is 19.5 Å². The first-order chi connectivity index (χ1) is 9.36. The van der Waals surface area contributed by atoms with Crippen molar-refractivity contribution in [3.8, 4) is 0 Å². The van der Waals surface area contributed by atoms with Crippen molar-refractivity contribution in [1.29, 1.82) is 0 Å². The minimum atomic E-state index is -0.920. The van der Waals surface area contributed by atoms with Crippen LogP contribution in [0.2, 0.25) is 0 Å². The van der Waals surface area contributed by atoms with Crippen LogP contribution < -0.4 is 5.73 Å². The van der Waals surface area contributed by atoms with Gasteiger partial charge in [0, 0.05) is 31.6 Å². The zero-order valence-electron chi connectivity index (χ0n) is 12.0. The fourth-order valence-corrected chi connectivity index (χ4v) is 2.54. The molecule has 1 heterocycles. The van der Waals surface area contributed by atoms with Gasteiger partial charge in [-0.2, -0.15) is 0 Å². The first-order valence-corrected chi connectivity index (χ1v) is 6.93. The Bertz CT molecular complexity index is 378. The van der Waals surface area contributed by atoms with Crippen molar-refractivity contribution >= 4 is 17.9 Å². The maximum atomic E-state index is 12.4. The minimum absolute atomic E-state index is 0.0721. The summed E-state index contributed by atoms with van der Waals surface area (Å²) in [5.74, 6) is -1.40. The lowest BCUT2D eigenvalue weighted by molar-refractivity contribution is -0.138. The van der Waals surface area contributed by atoms with Gasteiger partial charge in [-0.1, -0.05) is 0 Å². The average Bonchev–Trinajstić information content (AvgIpc) is 2.38. The van der Waals surface area contributed by atoms with Crippen LogP contribution in [0.1, 0.15) is 33.1 Å². The highest BCUT2D eigenvalue weighted by molar-refractivity contribution is 5.78. The van der Waals surface area contributed by atoms with E-state index in [0.717, 1.165) is 0 Å². The van der Waals surface area contributed by atoms with E-state index in [9.17, 15) is 14.4 Å². The topological polar surface area (TPSA) is 104 Å². The Hall–Kier alpha value is -1.79. The molecule has 7 nitrogen and oxygen atoms in total. The number of aliphatic carboxylic acids is 1. The maximum Gasteiger partial charge on any atom is 0.320 e. The molecule has 1 saturated heterocycles. The van der Waals surface area contributed by atoms with Crippen LogP contribution in [0.15, 0.2) is 0 Å². The maximum absolute atomic E-state index is 12.4. The van der Waals surface area contributed by atoms with E-state index in [1.165, 1.54) is 0 Å². The van der Waals surface area contributed by atoms with Gasteiger partial charge in [0.2, 0.25) is 5.91 Å². The molecule has 0 spiro atoms. The lowest BCUT2D eigenvalue weighted by atomic mass is 9.96. The van der Waals surface area contributed by atoms with Gasteiger partial charge >= 0.3 is 12.0 Å². The van der Waals surface area contributed by atoms with E-state index in [4.69, 9.17) is 10.8 Å². The largest absolute Gasteiger partial charge is 0.481 e. The number of carboxylic acid groups (broad SMARTS) is 1. The lowest BCUT2D eigenvalue weighted by Gasteiger charge is -2.36. The molecule has 0 aromatic heterocycles. The second-order valence-corrected chi connectivity index (χ2v) is 5.18. The van der Waals surface area contributed by atoms with Crippen molar-refractivity contribution in [2.45, 2.75) is 39.2 Å². The van der Waals surface area contributed by atoms with Crippen molar-refractivity contribution in [2.24, 2.45) is 11.7 Å². The van der Waals surface area contributed by atoms with Crippen LogP contribution in [0.5, 0.6) is 0 Å². The Kier molecular flexibility index (Phi) is 5.79. The SMILES string of the molecule is CCN(C(=O)N1CCC(C(N)=O)CC1)C(C)CC(=O)O. The number of nitrogens with zero attached hydrogens (tertiary/aromatic N) is 2. The molecule has 114 valence electrons. The number of carbonyl (C=O) groups is 3. The molecule has 1 fully saturated rings. The fraction of sp³-hybridized carbons (Fsp3) is 0.769. The molecule has 0 aliphatic carbocycles. The number of amides is 3. The van der Waals surface area contributed by atoms with E-state index in [2.05, 4.69) is 0 Å². The highest BCUT2D eigenvalue weighted by atomic mass is 16.4. The van der Waals surface area contributed by atoms with Crippen molar-refractivity contribution in [1.82, 2.24) is 9.80 Å². The van der Waals surface area contributed by atoms with Gasteiger partial charge in [-0.05, 0) is 26.7 Å². The number of rotatable bonds is 5. The van der Waals surface area contributed by atoms with Gasteiger partial charge in [-0.15, -0.1) is 0 Å². The molecule has 20 heavy (non-hydrogen) atoms. The van der Waals surface area contributed by atoms with Crippen molar-refractivity contribution in [3.63, 3.8) is 0 Å². The summed E-state index contributed by atoms with van der Waals surface area (Å²) in [5.41, 5.74) is 5.26. The molecule has 1 rings (SSSR count). The summed E-state index contributed by atoms with van der Waals surface area (Å²) in [6, 6.07) is -0.511. The Morgan fingerprint density at radius 2 is 1.90 bits per heavy atom. The third-order valence-corrected chi connectivity index (χ3v) is 3.76. The molecule has 3 N–H and O–H groups in total. The second-order valence-electron chi connectivity index (χ2n) is 5.18. The number of piperidine rings is 1. The highest BCUT2D eigenvalue weighted by Gasteiger charge is 2.30.